The first-order valence-corrected chi connectivity index (χ1v) is 10.3. The van der Waals surface area contributed by atoms with Gasteiger partial charge in [0.1, 0.15) is 24.0 Å². The maximum absolute atomic E-state index is 13.7. The van der Waals surface area contributed by atoms with Gasteiger partial charge in [0.05, 0.1) is 28.7 Å². The molecule has 5 N–H and O–H groups in total. The van der Waals surface area contributed by atoms with Gasteiger partial charge in [-0.25, -0.2) is 19.0 Å². The van der Waals surface area contributed by atoms with Gasteiger partial charge in [-0.15, -0.1) is 0 Å². The molecule has 2 aromatic carbocycles. The van der Waals surface area contributed by atoms with Crippen molar-refractivity contribution in [3.63, 3.8) is 0 Å². The smallest absolute Gasteiger partial charge is 0.166 e. The molecule has 8 nitrogen and oxygen atoms in total. The summed E-state index contributed by atoms with van der Waals surface area (Å²) in [6, 6.07) is 15.9. The molecule has 2 aromatic heterocycles. The number of rotatable bonds is 5. The Labute approximate surface area is 189 Å². The first-order chi connectivity index (χ1) is 15.9. The molecular weight excluding hydrogens is 421 g/mol. The molecule has 1 aliphatic rings. The lowest BCUT2D eigenvalue weighted by atomic mass is 9.98. The van der Waals surface area contributed by atoms with Gasteiger partial charge in [-0.1, -0.05) is 30.3 Å². The zero-order chi connectivity index (χ0) is 23.0. The SMILES string of the molecule is Cc1nn(-c2ccccc2)c2ncc(C3(N)C=C(N)NC=N3)c(OCc3cccc(F)c3)c12. The minimum absolute atomic E-state index is 0.122. The molecule has 5 rings (SSSR count). The summed E-state index contributed by atoms with van der Waals surface area (Å²) < 4.78 is 21.8. The van der Waals surface area contributed by atoms with Crippen molar-refractivity contribution >= 4 is 17.4 Å². The van der Waals surface area contributed by atoms with Gasteiger partial charge in [0.15, 0.2) is 11.3 Å². The van der Waals surface area contributed by atoms with Crippen LogP contribution in [0.2, 0.25) is 0 Å². The largest absolute Gasteiger partial charge is 0.488 e. The van der Waals surface area contributed by atoms with Crippen molar-refractivity contribution in [3.8, 4) is 11.4 Å². The van der Waals surface area contributed by atoms with Crippen LogP contribution in [0.4, 0.5) is 4.39 Å². The second-order valence-electron chi connectivity index (χ2n) is 7.78. The fourth-order valence-electron chi connectivity index (χ4n) is 3.86. The second-order valence-corrected chi connectivity index (χ2v) is 7.78. The van der Waals surface area contributed by atoms with E-state index in [4.69, 9.17) is 21.3 Å². The van der Waals surface area contributed by atoms with Gasteiger partial charge in [0.2, 0.25) is 0 Å². The van der Waals surface area contributed by atoms with Crippen LogP contribution in [-0.2, 0) is 12.3 Å². The Morgan fingerprint density at radius 1 is 1.15 bits per heavy atom. The van der Waals surface area contributed by atoms with Gasteiger partial charge in [-0.2, -0.15) is 5.10 Å². The summed E-state index contributed by atoms with van der Waals surface area (Å²) in [6.45, 7) is 2.00. The summed E-state index contributed by atoms with van der Waals surface area (Å²) in [7, 11) is 0. The topological polar surface area (TPSA) is 116 Å². The molecule has 0 aliphatic carbocycles. The Bertz CT molecular complexity index is 1400. The number of halogens is 1. The number of nitrogens with two attached hydrogens (primary N) is 2. The van der Waals surface area contributed by atoms with Gasteiger partial charge in [0, 0.05) is 12.3 Å². The van der Waals surface area contributed by atoms with Gasteiger partial charge in [-0.05, 0) is 36.8 Å². The highest BCUT2D eigenvalue weighted by molar-refractivity contribution is 5.88. The summed E-state index contributed by atoms with van der Waals surface area (Å²) in [5.41, 5.74) is 14.6. The van der Waals surface area contributed by atoms with Crippen LogP contribution in [0.15, 0.2) is 77.7 Å². The van der Waals surface area contributed by atoms with Crippen LogP contribution in [0.1, 0.15) is 16.8 Å². The zero-order valence-corrected chi connectivity index (χ0v) is 17.9. The molecule has 0 bridgehead atoms. The molecule has 4 aromatic rings. The predicted octanol–water partition coefficient (Wildman–Crippen LogP) is 2.99. The highest BCUT2D eigenvalue weighted by Gasteiger charge is 2.33. The number of ether oxygens (including phenoxy) is 1. The number of fused-ring (bicyclic) bond motifs is 1. The number of aromatic nitrogens is 3. The Morgan fingerprint density at radius 3 is 2.73 bits per heavy atom. The quantitative estimate of drug-likeness (QED) is 0.437. The Hall–Kier alpha value is -4.24. The molecule has 0 amide bonds. The lowest BCUT2D eigenvalue weighted by Crippen LogP contribution is -2.40. The van der Waals surface area contributed by atoms with Gasteiger partial charge in [0.25, 0.3) is 0 Å². The summed E-state index contributed by atoms with van der Waals surface area (Å²) in [4.78, 5) is 9.06. The summed E-state index contributed by atoms with van der Waals surface area (Å²) in [5, 5.41) is 8.20. The first-order valence-electron chi connectivity index (χ1n) is 10.3. The van der Waals surface area contributed by atoms with Crippen LogP contribution in [0.3, 0.4) is 0 Å². The molecule has 0 spiro atoms. The average molecular weight is 443 g/mol. The monoisotopic (exact) mass is 443 g/mol. The number of nitrogens with zero attached hydrogens (tertiary/aromatic N) is 4. The number of hydrogen-bond acceptors (Lipinski definition) is 7. The fraction of sp³-hybridized carbons (Fsp3) is 0.125. The minimum atomic E-state index is -1.30. The van der Waals surface area contributed by atoms with E-state index in [-0.39, 0.29) is 12.4 Å². The van der Waals surface area contributed by atoms with E-state index < -0.39 is 5.66 Å². The van der Waals surface area contributed by atoms with Crippen LogP contribution in [-0.4, -0.2) is 21.1 Å². The Morgan fingerprint density at radius 2 is 1.97 bits per heavy atom. The van der Waals surface area contributed by atoms with Crippen molar-refractivity contribution in [2.75, 3.05) is 0 Å². The maximum Gasteiger partial charge on any atom is 0.166 e. The molecule has 0 radical (unpaired) electrons. The zero-order valence-electron chi connectivity index (χ0n) is 17.9. The summed E-state index contributed by atoms with van der Waals surface area (Å²) in [6.07, 6.45) is 4.66. The Balaban J connectivity index is 1.69. The van der Waals surface area contributed by atoms with E-state index in [2.05, 4.69) is 15.3 Å². The average Bonchev–Trinajstić information content (AvgIpc) is 3.15. The van der Waals surface area contributed by atoms with Crippen molar-refractivity contribution in [2.45, 2.75) is 19.2 Å². The van der Waals surface area contributed by atoms with Crippen LogP contribution in [0.5, 0.6) is 5.75 Å². The van der Waals surface area contributed by atoms with E-state index in [9.17, 15) is 4.39 Å². The third kappa shape index (κ3) is 3.79. The van der Waals surface area contributed by atoms with Crippen molar-refractivity contribution in [2.24, 2.45) is 16.5 Å². The summed E-state index contributed by atoms with van der Waals surface area (Å²) in [5.74, 6) is 0.494. The van der Waals surface area contributed by atoms with E-state index >= 15 is 0 Å². The first kappa shape index (κ1) is 20.7. The third-order valence-corrected chi connectivity index (χ3v) is 5.41. The van der Waals surface area contributed by atoms with E-state index in [0.29, 0.717) is 39.4 Å². The molecular formula is C24H22FN7O. The number of aliphatic imine (C=N–C) groups is 1. The molecule has 1 unspecified atom stereocenters. The van der Waals surface area contributed by atoms with Crippen molar-refractivity contribution in [3.05, 3.63) is 95.3 Å². The number of hydrogen-bond donors (Lipinski definition) is 3. The molecule has 33 heavy (non-hydrogen) atoms. The van der Waals surface area contributed by atoms with Gasteiger partial charge >= 0.3 is 0 Å². The fourth-order valence-corrected chi connectivity index (χ4v) is 3.86. The van der Waals surface area contributed by atoms with E-state index in [1.165, 1.54) is 18.5 Å². The second kappa shape index (κ2) is 8.03. The molecule has 0 fully saturated rings. The Kier molecular flexibility index (Phi) is 5.02. The normalized spacial score (nSPS) is 17.6. The molecule has 166 valence electrons. The lowest BCUT2D eigenvalue weighted by molar-refractivity contribution is 0.300. The molecule has 0 saturated heterocycles. The molecule has 0 saturated carbocycles. The summed E-state index contributed by atoms with van der Waals surface area (Å²) >= 11 is 0. The number of benzene rings is 2. The van der Waals surface area contributed by atoms with Crippen molar-refractivity contribution < 1.29 is 9.13 Å². The van der Waals surface area contributed by atoms with Crippen LogP contribution in [0, 0.1) is 12.7 Å². The highest BCUT2D eigenvalue weighted by atomic mass is 19.1. The predicted molar refractivity (Wildman–Crippen MR) is 124 cm³/mol. The van der Waals surface area contributed by atoms with Gasteiger partial charge < -0.3 is 15.8 Å². The van der Waals surface area contributed by atoms with Crippen LogP contribution in [0.25, 0.3) is 16.7 Å². The molecule has 9 heteroatoms. The number of pyridine rings is 1. The number of nitrogens with one attached hydrogen (secondary N) is 1. The van der Waals surface area contributed by atoms with E-state index in [1.807, 2.05) is 37.3 Å². The molecule has 1 aliphatic heterocycles. The van der Waals surface area contributed by atoms with Crippen molar-refractivity contribution in [1.29, 1.82) is 0 Å². The molecule has 3 heterocycles. The maximum atomic E-state index is 13.7. The van der Waals surface area contributed by atoms with Crippen molar-refractivity contribution in [1.82, 2.24) is 20.1 Å². The lowest BCUT2D eigenvalue weighted by Gasteiger charge is -2.27. The minimum Gasteiger partial charge on any atom is -0.488 e. The standard InChI is InChI=1S/C24H22FN7O/c1-15-21-22(33-13-16-6-5-7-17(25)10-16)19(24(27)11-20(26)29-14-30-24)12-28-23(21)32(31-15)18-8-3-2-4-9-18/h2-12,14H,13,26-27H2,1H3,(H,29,30). The van der Waals surface area contributed by atoms with Crippen LogP contribution < -0.4 is 21.5 Å². The van der Waals surface area contributed by atoms with E-state index in [0.717, 1.165) is 5.69 Å². The van der Waals surface area contributed by atoms with Gasteiger partial charge in [-0.3, -0.25) is 5.73 Å². The number of para-hydroxylation sites is 1. The highest BCUT2D eigenvalue weighted by Crippen LogP contribution is 2.39. The molecule has 1 atom stereocenters. The number of aryl methyl sites for hydroxylation is 1. The van der Waals surface area contributed by atoms with E-state index in [1.54, 1.807) is 29.1 Å². The third-order valence-electron chi connectivity index (χ3n) is 5.41. The van der Waals surface area contributed by atoms with Crippen LogP contribution >= 0.6 is 0 Å².